The molecule has 1 heterocycles. The van der Waals surface area contributed by atoms with Crippen LogP contribution in [0, 0.1) is 5.92 Å². The molecule has 0 amide bonds. The van der Waals surface area contributed by atoms with Gasteiger partial charge in [0.05, 0.1) is 0 Å². The van der Waals surface area contributed by atoms with E-state index in [1.54, 1.807) is 16.1 Å². The van der Waals surface area contributed by atoms with Crippen LogP contribution < -0.4 is 0 Å². The van der Waals surface area contributed by atoms with Crippen LogP contribution in [0.1, 0.15) is 26.7 Å². The minimum Gasteiger partial charge on any atom is -0.126 e. The number of hydrogen-bond acceptors (Lipinski definition) is 1. The molecule has 0 saturated carbocycles. The smallest absolute Gasteiger partial charge is 0.00667 e. The highest BCUT2D eigenvalue weighted by Gasteiger charge is 2.23. The maximum absolute atomic E-state index is 2.38. The SMILES string of the molecule is CC1=CC2=C(CC1)C(C)CS2. The first-order chi connectivity index (χ1) is 5.27. The van der Waals surface area contributed by atoms with Crippen LogP contribution in [0.4, 0.5) is 0 Å². The van der Waals surface area contributed by atoms with Crippen molar-refractivity contribution in [3.8, 4) is 0 Å². The summed E-state index contributed by atoms with van der Waals surface area (Å²) in [5.41, 5.74) is 3.28. The van der Waals surface area contributed by atoms with Gasteiger partial charge in [-0.3, -0.25) is 0 Å². The molecule has 0 radical (unpaired) electrons. The first-order valence-corrected chi connectivity index (χ1v) is 5.29. The van der Waals surface area contributed by atoms with E-state index in [2.05, 4.69) is 19.9 Å². The average molecular weight is 166 g/mol. The molecule has 2 rings (SSSR count). The zero-order valence-electron chi connectivity index (χ0n) is 7.18. The Hall–Kier alpha value is -0.170. The van der Waals surface area contributed by atoms with E-state index >= 15 is 0 Å². The summed E-state index contributed by atoms with van der Waals surface area (Å²) >= 11 is 2.04. The van der Waals surface area contributed by atoms with E-state index < -0.39 is 0 Å². The van der Waals surface area contributed by atoms with E-state index in [-0.39, 0.29) is 0 Å². The molecule has 11 heavy (non-hydrogen) atoms. The third-order valence-electron chi connectivity index (χ3n) is 2.57. The average Bonchev–Trinajstić information content (AvgIpc) is 2.32. The molecule has 0 saturated heterocycles. The topological polar surface area (TPSA) is 0 Å². The van der Waals surface area contributed by atoms with Gasteiger partial charge < -0.3 is 0 Å². The third-order valence-corrected chi connectivity index (χ3v) is 3.92. The van der Waals surface area contributed by atoms with E-state index in [4.69, 9.17) is 0 Å². The fraction of sp³-hybridized carbons (Fsp3) is 0.600. The first-order valence-electron chi connectivity index (χ1n) is 4.30. The van der Waals surface area contributed by atoms with Crippen LogP contribution in [0.2, 0.25) is 0 Å². The fourth-order valence-electron chi connectivity index (χ4n) is 1.78. The summed E-state index contributed by atoms with van der Waals surface area (Å²) in [5, 5.41) is 0. The second kappa shape index (κ2) is 2.71. The lowest BCUT2D eigenvalue weighted by Gasteiger charge is -2.13. The van der Waals surface area contributed by atoms with Crippen LogP contribution in [-0.4, -0.2) is 5.75 Å². The van der Waals surface area contributed by atoms with Crippen molar-refractivity contribution in [2.75, 3.05) is 5.75 Å². The van der Waals surface area contributed by atoms with Crippen molar-refractivity contribution in [1.29, 1.82) is 0 Å². The molecule has 1 aliphatic carbocycles. The van der Waals surface area contributed by atoms with Crippen LogP contribution in [-0.2, 0) is 0 Å². The second-order valence-electron chi connectivity index (χ2n) is 3.59. The van der Waals surface area contributed by atoms with Crippen molar-refractivity contribution < 1.29 is 0 Å². The van der Waals surface area contributed by atoms with Crippen LogP contribution >= 0.6 is 11.8 Å². The van der Waals surface area contributed by atoms with Gasteiger partial charge in [-0.15, -0.1) is 11.8 Å². The maximum Gasteiger partial charge on any atom is 0.00667 e. The Balaban J connectivity index is 2.30. The Morgan fingerprint density at radius 1 is 1.45 bits per heavy atom. The number of thioether (sulfide) groups is 1. The molecule has 1 unspecified atom stereocenters. The molecular formula is C10H14S. The van der Waals surface area contributed by atoms with Crippen molar-refractivity contribution in [2.45, 2.75) is 26.7 Å². The van der Waals surface area contributed by atoms with Gasteiger partial charge in [0.1, 0.15) is 0 Å². The molecule has 0 N–H and O–H groups in total. The molecule has 1 heteroatoms. The van der Waals surface area contributed by atoms with E-state index in [1.807, 2.05) is 11.8 Å². The van der Waals surface area contributed by atoms with Gasteiger partial charge in [-0.05, 0) is 31.8 Å². The van der Waals surface area contributed by atoms with E-state index in [0.29, 0.717) is 0 Å². The van der Waals surface area contributed by atoms with Crippen molar-refractivity contribution in [3.05, 3.63) is 22.1 Å². The molecule has 60 valence electrons. The van der Waals surface area contributed by atoms with Gasteiger partial charge >= 0.3 is 0 Å². The largest absolute Gasteiger partial charge is 0.126 e. The van der Waals surface area contributed by atoms with Gasteiger partial charge in [0.2, 0.25) is 0 Å². The van der Waals surface area contributed by atoms with Gasteiger partial charge in [0.25, 0.3) is 0 Å². The van der Waals surface area contributed by atoms with Crippen LogP contribution in [0.15, 0.2) is 22.1 Å². The Kier molecular flexibility index (Phi) is 1.84. The fourth-order valence-corrected chi connectivity index (χ4v) is 3.19. The molecular weight excluding hydrogens is 152 g/mol. The molecule has 1 aliphatic heterocycles. The number of hydrogen-bond donors (Lipinski definition) is 0. The molecule has 0 nitrogen and oxygen atoms in total. The molecule has 0 aromatic rings. The Morgan fingerprint density at radius 2 is 2.27 bits per heavy atom. The third kappa shape index (κ3) is 1.26. The highest BCUT2D eigenvalue weighted by molar-refractivity contribution is 8.03. The second-order valence-corrected chi connectivity index (χ2v) is 4.65. The summed E-state index contributed by atoms with van der Waals surface area (Å²) in [5.74, 6) is 2.16. The molecule has 0 spiro atoms. The molecule has 2 aliphatic rings. The Labute approximate surface area is 72.8 Å². The van der Waals surface area contributed by atoms with Gasteiger partial charge in [-0.1, -0.05) is 18.1 Å². The van der Waals surface area contributed by atoms with Crippen LogP contribution in [0.3, 0.4) is 0 Å². The lowest BCUT2D eigenvalue weighted by Crippen LogP contribution is -1.99. The van der Waals surface area contributed by atoms with Crippen LogP contribution in [0.25, 0.3) is 0 Å². The van der Waals surface area contributed by atoms with Crippen molar-refractivity contribution in [1.82, 2.24) is 0 Å². The number of rotatable bonds is 0. The normalized spacial score (nSPS) is 30.4. The summed E-state index contributed by atoms with van der Waals surface area (Å²) in [4.78, 5) is 1.58. The zero-order chi connectivity index (χ0) is 7.84. The van der Waals surface area contributed by atoms with Crippen molar-refractivity contribution >= 4 is 11.8 Å². The summed E-state index contributed by atoms with van der Waals surface area (Å²) in [6, 6.07) is 0. The molecule has 0 bridgehead atoms. The minimum atomic E-state index is 0.847. The van der Waals surface area contributed by atoms with Gasteiger partial charge in [-0.2, -0.15) is 0 Å². The molecule has 0 fully saturated rings. The van der Waals surface area contributed by atoms with E-state index in [9.17, 15) is 0 Å². The minimum absolute atomic E-state index is 0.847. The lowest BCUT2D eigenvalue weighted by atomic mass is 9.92. The number of allylic oxidation sites excluding steroid dienone is 3. The van der Waals surface area contributed by atoms with Crippen molar-refractivity contribution in [3.63, 3.8) is 0 Å². The van der Waals surface area contributed by atoms with Gasteiger partial charge in [0, 0.05) is 10.7 Å². The lowest BCUT2D eigenvalue weighted by molar-refractivity contribution is 0.720. The van der Waals surface area contributed by atoms with Gasteiger partial charge in [-0.25, -0.2) is 0 Å². The summed E-state index contributed by atoms with van der Waals surface area (Å²) in [6.07, 6.45) is 5.00. The van der Waals surface area contributed by atoms with Crippen molar-refractivity contribution in [2.24, 2.45) is 5.92 Å². The molecule has 1 atom stereocenters. The summed E-state index contributed by atoms with van der Waals surface area (Å²) in [6.45, 7) is 4.59. The molecule has 0 aromatic carbocycles. The summed E-state index contributed by atoms with van der Waals surface area (Å²) in [7, 11) is 0. The highest BCUT2D eigenvalue weighted by atomic mass is 32.2. The van der Waals surface area contributed by atoms with E-state index in [0.717, 1.165) is 5.92 Å². The molecule has 0 aromatic heterocycles. The quantitative estimate of drug-likeness (QED) is 0.531. The Morgan fingerprint density at radius 3 is 3.09 bits per heavy atom. The van der Waals surface area contributed by atoms with E-state index in [1.165, 1.54) is 18.6 Å². The Bertz CT molecular complexity index is 235. The van der Waals surface area contributed by atoms with Crippen LogP contribution in [0.5, 0.6) is 0 Å². The first kappa shape index (κ1) is 7.48. The predicted octanol–water partition coefficient (Wildman–Crippen LogP) is 3.36. The van der Waals surface area contributed by atoms with Gasteiger partial charge in [0.15, 0.2) is 0 Å². The monoisotopic (exact) mass is 166 g/mol. The summed E-state index contributed by atoms with van der Waals surface area (Å²) < 4.78 is 0. The maximum atomic E-state index is 2.38. The standard InChI is InChI=1S/C10H14S/c1-7-3-4-9-8(2)6-11-10(9)5-7/h5,8H,3-4,6H2,1-2H3. The predicted molar refractivity (Wildman–Crippen MR) is 51.6 cm³/mol. The zero-order valence-corrected chi connectivity index (χ0v) is 8.00. The highest BCUT2D eigenvalue weighted by Crippen LogP contribution is 2.42.